The molecule has 5 heteroatoms. The molecule has 1 aromatic carbocycles. The zero-order valence-electron chi connectivity index (χ0n) is 5.93. The van der Waals surface area contributed by atoms with E-state index in [9.17, 15) is 14.3 Å². The molecule has 0 radical (unpaired) electrons. The normalized spacial score (nSPS) is 10.9. The van der Waals surface area contributed by atoms with E-state index in [0.717, 1.165) is 0 Å². The highest BCUT2D eigenvalue weighted by Gasteiger charge is 2.08. The molecule has 0 heterocycles. The number of benzene rings is 1. The van der Waals surface area contributed by atoms with Crippen LogP contribution in [0.15, 0.2) is 24.3 Å². The predicted molar refractivity (Wildman–Crippen MR) is 40.6 cm³/mol. The van der Waals surface area contributed by atoms with Gasteiger partial charge < -0.3 is 10.00 Å². The summed E-state index contributed by atoms with van der Waals surface area (Å²) in [5.74, 6) is -1.07. The minimum Gasteiger partial charge on any atom is -0.591 e. The number of carboxylic acids is 1. The van der Waals surface area contributed by atoms with Crippen molar-refractivity contribution in [3.8, 4) is 0 Å². The third-order valence-electron chi connectivity index (χ3n) is 1.33. The molecule has 12 heavy (non-hydrogen) atoms. The SMILES string of the molecule is O=C(O)c1ccc([P+](=O)[O-])cc1. The minimum atomic E-state index is -2.62. The smallest absolute Gasteiger partial charge is 0.348 e. The van der Waals surface area contributed by atoms with Crippen LogP contribution in [0.1, 0.15) is 10.4 Å². The van der Waals surface area contributed by atoms with Gasteiger partial charge in [-0.15, -0.1) is 0 Å². The highest BCUT2D eigenvalue weighted by Crippen LogP contribution is 2.08. The van der Waals surface area contributed by atoms with Crippen LogP contribution in [-0.2, 0) is 4.57 Å². The van der Waals surface area contributed by atoms with Gasteiger partial charge in [0, 0.05) is 0 Å². The Morgan fingerprint density at radius 3 is 2.17 bits per heavy atom. The zero-order valence-corrected chi connectivity index (χ0v) is 6.82. The number of aromatic carboxylic acids is 1. The second-order valence-electron chi connectivity index (χ2n) is 2.11. The molecule has 0 amide bonds. The van der Waals surface area contributed by atoms with E-state index in [2.05, 4.69) is 0 Å². The number of carboxylic acid groups (broad SMARTS) is 1. The molecule has 0 fully saturated rings. The Labute approximate surface area is 69.3 Å². The van der Waals surface area contributed by atoms with Gasteiger partial charge in [0.15, 0.2) is 5.30 Å². The molecule has 1 unspecified atom stereocenters. The third kappa shape index (κ3) is 1.87. The van der Waals surface area contributed by atoms with Gasteiger partial charge in [-0.1, -0.05) is 4.57 Å². The van der Waals surface area contributed by atoms with Gasteiger partial charge in [0.2, 0.25) is 0 Å². The first-order valence-corrected chi connectivity index (χ1v) is 4.27. The lowest BCUT2D eigenvalue weighted by atomic mass is 10.2. The van der Waals surface area contributed by atoms with Crippen molar-refractivity contribution < 1.29 is 19.4 Å². The van der Waals surface area contributed by atoms with Gasteiger partial charge in [0.25, 0.3) is 0 Å². The number of carbonyl (C=O) groups is 1. The molecule has 1 rings (SSSR count). The second kappa shape index (κ2) is 3.43. The molecule has 0 aliphatic carbocycles. The van der Waals surface area contributed by atoms with E-state index in [1.54, 1.807) is 0 Å². The molecule has 0 aliphatic heterocycles. The van der Waals surface area contributed by atoms with Crippen LogP contribution in [0, 0.1) is 0 Å². The van der Waals surface area contributed by atoms with Crippen LogP contribution in [0.25, 0.3) is 0 Å². The molecule has 0 saturated carbocycles. The lowest BCUT2D eigenvalue weighted by molar-refractivity contribution is -0.160. The summed E-state index contributed by atoms with van der Waals surface area (Å²) in [5, 5.41) is 8.58. The summed E-state index contributed by atoms with van der Waals surface area (Å²) in [7, 11) is -2.62. The fourth-order valence-corrected chi connectivity index (χ4v) is 1.12. The molecule has 0 saturated heterocycles. The summed E-state index contributed by atoms with van der Waals surface area (Å²) in [5.41, 5.74) is 0.0793. The maximum absolute atomic E-state index is 10.4. The average Bonchev–Trinajstić information content (AvgIpc) is 2.04. The van der Waals surface area contributed by atoms with E-state index >= 15 is 0 Å². The molecule has 1 atom stereocenters. The predicted octanol–water partition coefficient (Wildman–Crippen LogP) is 0.113. The van der Waals surface area contributed by atoms with Crippen molar-refractivity contribution in [1.29, 1.82) is 0 Å². The van der Waals surface area contributed by atoms with Crippen molar-refractivity contribution >= 4 is 19.3 Å². The Morgan fingerprint density at radius 1 is 1.33 bits per heavy atom. The Morgan fingerprint density at radius 2 is 1.83 bits per heavy atom. The first-order valence-electron chi connectivity index (χ1n) is 3.09. The molecular formula is C7H5O4P. The highest BCUT2D eigenvalue weighted by atomic mass is 31.1. The standard InChI is InChI=1S/C7H5O4P/c8-7(9)5-1-3-6(4-2-5)12(10)11/h1-4H,(H,8,9). The quantitative estimate of drug-likeness (QED) is 0.662. The van der Waals surface area contributed by atoms with Crippen molar-refractivity contribution in [3.63, 3.8) is 0 Å². The molecule has 0 aromatic heterocycles. The van der Waals surface area contributed by atoms with E-state index < -0.39 is 14.0 Å². The average molecular weight is 184 g/mol. The van der Waals surface area contributed by atoms with Crippen LogP contribution in [0.4, 0.5) is 0 Å². The molecule has 1 N–H and O–H groups in total. The Kier molecular flexibility index (Phi) is 2.53. The van der Waals surface area contributed by atoms with Crippen molar-refractivity contribution in [3.05, 3.63) is 29.8 Å². The van der Waals surface area contributed by atoms with Gasteiger partial charge in [-0.3, -0.25) is 0 Å². The lowest BCUT2D eigenvalue weighted by Crippen LogP contribution is -2.05. The summed E-state index contributed by atoms with van der Waals surface area (Å²) in [6.07, 6.45) is 0. The Bertz CT molecular complexity index is 284. The van der Waals surface area contributed by atoms with Gasteiger partial charge in [0.05, 0.1) is 5.56 Å². The van der Waals surface area contributed by atoms with Gasteiger partial charge in [-0.05, 0) is 24.3 Å². The molecule has 4 nitrogen and oxygen atoms in total. The summed E-state index contributed by atoms with van der Waals surface area (Å²) in [4.78, 5) is 20.7. The summed E-state index contributed by atoms with van der Waals surface area (Å²) in [6.45, 7) is 0. The topological polar surface area (TPSA) is 77.4 Å². The molecule has 0 bridgehead atoms. The maximum atomic E-state index is 10.4. The monoisotopic (exact) mass is 184 g/mol. The molecule has 62 valence electrons. The summed E-state index contributed by atoms with van der Waals surface area (Å²) in [6, 6.07) is 5.02. The van der Waals surface area contributed by atoms with Gasteiger partial charge in [0.1, 0.15) is 0 Å². The van der Waals surface area contributed by atoms with Crippen LogP contribution < -0.4 is 10.2 Å². The molecule has 0 aliphatic rings. The van der Waals surface area contributed by atoms with E-state index in [1.807, 2.05) is 0 Å². The first-order chi connectivity index (χ1) is 5.61. The first kappa shape index (κ1) is 8.84. The van der Waals surface area contributed by atoms with Crippen LogP contribution in [0.2, 0.25) is 0 Å². The lowest BCUT2D eigenvalue weighted by Gasteiger charge is -1.92. The summed E-state index contributed by atoms with van der Waals surface area (Å²) >= 11 is 0. The van der Waals surface area contributed by atoms with Crippen molar-refractivity contribution in [1.82, 2.24) is 0 Å². The minimum absolute atomic E-state index is 0.0793. The molecule has 0 spiro atoms. The Balaban J connectivity index is 3.01. The molecular weight excluding hydrogens is 179 g/mol. The van der Waals surface area contributed by atoms with Crippen molar-refractivity contribution in [2.24, 2.45) is 0 Å². The van der Waals surface area contributed by atoms with Gasteiger partial charge in [-0.25, -0.2) is 4.79 Å². The second-order valence-corrected chi connectivity index (χ2v) is 3.14. The number of hydrogen-bond donors (Lipinski definition) is 1. The third-order valence-corrected chi connectivity index (χ3v) is 2.04. The Hall–Kier alpha value is -1.25. The maximum Gasteiger partial charge on any atom is 0.348 e. The van der Waals surface area contributed by atoms with Crippen LogP contribution in [-0.4, -0.2) is 11.1 Å². The largest absolute Gasteiger partial charge is 0.591 e. The molecule has 1 aromatic rings. The fraction of sp³-hybridized carbons (Fsp3) is 0. The number of rotatable bonds is 2. The van der Waals surface area contributed by atoms with Crippen LogP contribution in [0.5, 0.6) is 0 Å². The van der Waals surface area contributed by atoms with Gasteiger partial charge in [-0.2, -0.15) is 0 Å². The number of hydrogen-bond acceptors (Lipinski definition) is 3. The van der Waals surface area contributed by atoms with E-state index in [0.29, 0.717) is 0 Å². The van der Waals surface area contributed by atoms with Crippen LogP contribution in [0.3, 0.4) is 0 Å². The van der Waals surface area contributed by atoms with E-state index in [4.69, 9.17) is 5.11 Å². The highest BCUT2D eigenvalue weighted by molar-refractivity contribution is 7.45. The van der Waals surface area contributed by atoms with Crippen molar-refractivity contribution in [2.75, 3.05) is 0 Å². The summed E-state index contributed by atoms with van der Waals surface area (Å²) < 4.78 is 10.4. The zero-order chi connectivity index (χ0) is 9.14. The van der Waals surface area contributed by atoms with E-state index in [-0.39, 0.29) is 10.9 Å². The fourth-order valence-electron chi connectivity index (χ4n) is 0.726. The van der Waals surface area contributed by atoms with Gasteiger partial charge >= 0.3 is 14.0 Å². The van der Waals surface area contributed by atoms with Crippen LogP contribution >= 0.6 is 8.03 Å². The van der Waals surface area contributed by atoms with E-state index in [1.165, 1.54) is 24.3 Å². The van der Waals surface area contributed by atoms with Crippen molar-refractivity contribution in [2.45, 2.75) is 0 Å².